The standard InChI is InChI=1S/C15H21N5/c1-3-13-18-14(4-2)20(19-13)15-7-5-6-12(17-15)10-16-11-8-9-11/h5-7,11,16H,3-4,8-10H2,1-2H3. The molecule has 1 fully saturated rings. The Bertz CT molecular complexity index is 586. The van der Waals surface area contributed by atoms with Crippen molar-refractivity contribution >= 4 is 0 Å². The van der Waals surface area contributed by atoms with Crippen LogP contribution in [0.2, 0.25) is 0 Å². The van der Waals surface area contributed by atoms with E-state index in [-0.39, 0.29) is 0 Å². The zero-order valence-corrected chi connectivity index (χ0v) is 12.1. The smallest absolute Gasteiger partial charge is 0.155 e. The molecule has 0 spiro atoms. The molecule has 0 radical (unpaired) electrons. The Morgan fingerprint density at radius 1 is 1.20 bits per heavy atom. The third-order valence-electron chi connectivity index (χ3n) is 3.51. The Morgan fingerprint density at radius 2 is 2.05 bits per heavy atom. The van der Waals surface area contributed by atoms with Gasteiger partial charge in [-0.3, -0.25) is 0 Å². The Kier molecular flexibility index (Phi) is 3.78. The fourth-order valence-corrected chi connectivity index (χ4v) is 2.17. The van der Waals surface area contributed by atoms with Crippen molar-refractivity contribution in [2.75, 3.05) is 0 Å². The first-order valence-corrected chi connectivity index (χ1v) is 7.44. The Hall–Kier alpha value is -1.75. The molecule has 1 aliphatic carbocycles. The maximum atomic E-state index is 4.70. The molecule has 0 amide bonds. The highest BCUT2D eigenvalue weighted by atomic mass is 15.4. The van der Waals surface area contributed by atoms with Gasteiger partial charge in [-0.1, -0.05) is 19.9 Å². The van der Waals surface area contributed by atoms with Crippen molar-refractivity contribution in [2.45, 2.75) is 52.1 Å². The molecule has 2 aromatic rings. The van der Waals surface area contributed by atoms with Gasteiger partial charge in [0.25, 0.3) is 0 Å². The average molecular weight is 271 g/mol. The molecule has 0 aromatic carbocycles. The van der Waals surface area contributed by atoms with E-state index in [1.54, 1.807) is 0 Å². The first-order valence-electron chi connectivity index (χ1n) is 7.44. The van der Waals surface area contributed by atoms with Gasteiger partial charge in [-0.2, -0.15) is 4.68 Å². The minimum Gasteiger partial charge on any atom is -0.308 e. The number of nitrogens with zero attached hydrogens (tertiary/aromatic N) is 4. The summed E-state index contributed by atoms with van der Waals surface area (Å²) in [6.45, 7) is 5.00. The number of nitrogens with one attached hydrogen (secondary N) is 1. The van der Waals surface area contributed by atoms with Crippen molar-refractivity contribution in [1.82, 2.24) is 25.1 Å². The first kappa shape index (κ1) is 13.2. The lowest BCUT2D eigenvalue weighted by Gasteiger charge is -2.07. The summed E-state index contributed by atoms with van der Waals surface area (Å²) in [4.78, 5) is 9.23. The van der Waals surface area contributed by atoms with E-state index < -0.39 is 0 Å². The van der Waals surface area contributed by atoms with E-state index in [9.17, 15) is 0 Å². The zero-order valence-electron chi connectivity index (χ0n) is 12.1. The topological polar surface area (TPSA) is 55.6 Å². The summed E-state index contributed by atoms with van der Waals surface area (Å²) in [7, 11) is 0. The van der Waals surface area contributed by atoms with Gasteiger partial charge in [0.15, 0.2) is 11.6 Å². The van der Waals surface area contributed by atoms with Crippen LogP contribution in [0.3, 0.4) is 0 Å². The second-order valence-electron chi connectivity index (χ2n) is 5.21. The molecule has 0 bridgehead atoms. The van der Waals surface area contributed by atoms with Crippen molar-refractivity contribution in [2.24, 2.45) is 0 Å². The van der Waals surface area contributed by atoms with Crippen molar-refractivity contribution in [1.29, 1.82) is 0 Å². The van der Waals surface area contributed by atoms with E-state index >= 15 is 0 Å². The van der Waals surface area contributed by atoms with Crippen LogP contribution >= 0.6 is 0 Å². The molecule has 5 nitrogen and oxygen atoms in total. The molecule has 3 rings (SSSR count). The number of aromatic nitrogens is 4. The summed E-state index contributed by atoms with van der Waals surface area (Å²) in [5, 5.41) is 8.03. The Labute approximate surface area is 119 Å². The lowest BCUT2D eigenvalue weighted by Crippen LogP contribution is -2.17. The molecule has 0 atom stereocenters. The van der Waals surface area contributed by atoms with Crippen LogP contribution < -0.4 is 5.32 Å². The Morgan fingerprint density at radius 3 is 2.75 bits per heavy atom. The Balaban J connectivity index is 1.84. The van der Waals surface area contributed by atoms with Gasteiger partial charge < -0.3 is 5.32 Å². The van der Waals surface area contributed by atoms with Crippen LogP contribution in [0.5, 0.6) is 0 Å². The number of aryl methyl sites for hydroxylation is 2. The molecule has 1 aliphatic rings. The number of pyridine rings is 1. The van der Waals surface area contributed by atoms with Gasteiger partial charge in [0.05, 0.1) is 5.69 Å². The molecule has 20 heavy (non-hydrogen) atoms. The summed E-state index contributed by atoms with van der Waals surface area (Å²) in [5.41, 5.74) is 1.06. The second-order valence-corrected chi connectivity index (χ2v) is 5.21. The summed E-state index contributed by atoms with van der Waals surface area (Å²) >= 11 is 0. The number of hydrogen-bond acceptors (Lipinski definition) is 4. The van der Waals surface area contributed by atoms with E-state index in [0.717, 1.165) is 42.5 Å². The molecule has 5 heteroatoms. The maximum absolute atomic E-state index is 4.70. The first-order chi connectivity index (χ1) is 9.80. The van der Waals surface area contributed by atoms with Crippen LogP contribution in [0.4, 0.5) is 0 Å². The molecule has 2 heterocycles. The summed E-state index contributed by atoms with van der Waals surface area (Å²) in [6, 6.07) is 6.79. The predicted octanol–water partition coefficient (Wildman–Crippen LogP) is 2.04. The molecule has 2 aromatic heterocycles. The summed E-state index contributed by atoms with van der Waals surface area (Å²) < 4.78 is 1.87. The quantitative estimate of drug-likeness (QED) is 0.873. The molecule has 1 N–H and O–H groups in total. The van der Waals surface area contributed by atoms with Gasteiger partial charge in [-0.25, -0.2) is 9.97 Å². The highest BCUT2D eigenvalue weighted by Gasteiger charge is 2.20. The van der Waals surface area contributed by atoms with Gasteiger partial charge >= 0.3 is 0 Å². The minimum absolute atomic E-state index is 0.699. The predicted molar refractivity (Wildman–Crippen MR) is 77.8 cm³/mol. The third-order valence-corrected chi connectivity index (χ3v) is 3.51. The van der Waals surface area contributed by atoms with Gasteiger partial charge in [0, 0.05) is 25.4 Å². The summed E-state index contributed by atoms with van der Waals surface area (Å²) in [6.07, 6.45) is 4.30. The van der Waals surface area contributed by atoms with Crippen molar-refractivity contribution in [3.8, 4) is 5.82 Å². The van der Waals surface area contributed by atoms with Crippen LogP contribution in [-0.2, 0) is 19.4 Å². The SMILES string of the molecule is CCc1nc(CC)n(-c2cccc(CNC3CC3)n2)n1. The van der Waals surface area contributed by atoms with Crippen LogP contribution in [0.25, 0.3) is 5.82 Å². The van der Waals surface area contributed by atoms with Crippen molar-refractivity contribution in [3.05, 3.63) is 35.5 Å². The van der Waals surface area contributed by atoms with Gasteiger partial charge in [0.1, 0.15) is 5.82 Å². The van der Waals surface area contributed by atoms with E-state index in [1.807, 2.05) is 16.8 Å². The van der Waals surface area contributed by atoms with Crippen LogP contribution in [0, 0.1) is 0 Å². The fraction of sp³-hybridized carbons (Fsp3) is 0.533. The van der Waals surface area contributed by atoms with Crippen LogP contribution in [-0.4, -0.2) is 25.8 Å². The molecule has 106 valence electrons. The fourth-order valence-electron chi connectivity index (χ4n) is 2.17. The molecular weight excluding hydrogens is 250 g/mol. The summed E-state index contributed by atoms with van der Waals surface area (Å²) in [5.74, 6) is 2.72. The normalized spacial score (nSPS) is 14.7. The second kappa shape index (κ2) is 5.71. The van der Waals surface area contributed by atoms with Crippen molar-refractivity contribution < 1.29 is 0 Å². The van der Waals surface area contributed by atoms with E-state index in [4.69, 9.17) is 4.98 Å². The van der Waals surface area contributed by atoms with E-state index in [1.165, 1.54) is 12.8 Å². The lowest BCUT2D eigenvalue weighted by molar-refractivity contribution is 0.668. The zero-order chi connectivity index (χ0) is 13.9. The largest absolute Gasteiger partial charge is 0.308 e. The highest BCUT2D eigenvalue weighted by molar-refractivity contribution is 5.25. The minimum atomic E-state index is 0.699. The number of rotatable bonds is 6. The molecule has 0 unspecified atom stereocenters. The molecular formula is C15H21N5. The van der Waals surface area contributed by atoms with Crippen LogP contribution in [0.1, 0.15) is 44.0 Å². The lowest BCUT2D eigenvalue weighted by atomic mass is 10.3. The van der Waals surface area contributed by atoms with Gasteiger partial charge in [0.2, 0.25) is 0 Å². The molecule has 1 saturated carbocycles. The van der Waals surface area contributed by atoms with Crippen LogP contribution in [0.15, 0.2) is 18.2 Å². The highest BCUT2D eigenvalue weighted by Crippen LogP contribution is 2.19. The van der Waals surface area contributed by atoms with Gasteiger partial charge in [-0.05, 0) is 25.0 Å². The molecule has 0 aliphatic heterocycles. The average Bonchev–Trinajstić information content (AvgIpc) is 3.22. The van der Waals surface area contributed by atoms with Gasteiger partial charge in [-0.15, -0.1) is 5.10 Å². The molecule has 0 saturated heterocycles. The monoisotopic (exact) mass is 271 g/mol. The maximum Gasteiger partial charge on any atom is 0.155 e. The third kappa shape index (κ3) is 2.88. The number of hydrogen-bond donors (Lipinski definition) is 1. The van der Waals surface area contributed by atoms with E-state index in [0.29, 0.717) is 6.04 Å². The van der Waals surface area contributed by atoms with Crippen molar-refractivity contribution in [3.63, 3.8) is 0 Å². The van der Waals surface area contributed by atoms with E-state index in [2.05, 4.69) is 35.3 Å².